The molecule has 0 radical (unpaired) electrons. The summed E-state index contributed by atoms with van der Waals surface area (Å²) in [6.45, 7) is 8.08. The van der Waals surface area contributed by atoms with Crippen molar-refractivity contribution in [2.45, 2.75) is 45.9 Å². The number of amides is 1. The number of nitrogens with one attached hydrogen (secondary N) is 1. The summed E-state index contributed by atoms with van der Waals surface area (Å²) in [4.78, 5) is 13.8. The van der Waals surface area contributed by atoms with Crippen molar-refractivity contribution in [3.63, 3.8) is 0 Å². The van der Waals surface area contributed by atoms with Crippen LogP contribution in [0.2, 0.25) is 0 Å². The molecule has 0 aliphatic carbocycles. The molecule has 0 fully saturated rings. The van der Waals surface area contributed by atoms with Crippen LogP contribution in [0.15, 0.2) is 52.9 Å². The Morgan fingerprint density at radius 1 is 1.06 bits per heavy atom. The number of hydrogen-bond acceptors (Lipinski definition) is 6. The number of benzene rings is 2. The van der Waals surface area contributed by atoms with Crippen molar-refractivity contribution < 1.29 is 27.1 Å². The summed E-state index contributed by atoms with van der Waals surface area (Å²) in [7, 11) is 0. The van der Waals surface area contributed by atoms with Crippen LogP contribution in [-0.2, 0) is 17.3 Å². The summed E-state index contributed by atoms with van der Waals surface area (Å²) >= 11 is 0. The summed E-state index contributed by atoms with van der Waals surface area (Å²) in [5, 5.41) is 11.3. The van der Waals surface area contributed by atoms with E-state index in [1.165, 1.54) is 12.1 Å². The zero-order valence-electron chi connectivity index (χ0n) is 19.4. The van der Waals surface area contributed by atoms with E-state index in [1.54, 1.807) is 49.9 Å². The van der Waals surface area contributed by atoms with E-state index in [0.29, 0.717) is 42.3 Å². The fraction of sp³-hybridized carbons (Fsp3) is 0.375. The van der Waals surface area contributed by atoms with Gasteiger partial charge in [0.1, 0.15) is 5.60 Å². The largest absolute Gasteiger partial charge is 0.444 e. The number of para-hydroxylation sites is 1. The molecule has 1 N–H and O–H groups in total. The molecule has 1 heterocycles. The maximum Gasteiger partial charge on any atom is 0.416 e. The molecule has 7 nitrogen and oxygen atoms in total. The normalized spacial score (nSPS) is 11.9. The molecule has 1 amide bonds. The molecule has 10 heteroatoms. The highest BCUT2D eigenvalue weighted by Crippen LogP contribution is 2.32. The van der Waals surface area contributed by atoms with Crippen LogP contribution in [0.4, 0.5) is 29.3 Å². The Morgan fingerprint density at radius 3 is 2.35 bits per heavy atom. The second-order valence-electron chi connectivity index (χ2n) is 8.56. The van der Waals surface area contributed by atoms with Crippen molar-refractivity contribution in [1.29, 1.82) is 0 Å². The fourth-order valence-electron chi connectivity index (χ4n) is 3.08. The predicted molar refractivity (Wildman–Crippen MR) is 122 cm³/mol. The third kappa shape index (κ3) is 6.72. The van der Waals surface area contributed by atoms with Gasteiger partial charge in [-0.05, 0) is 64.1 Å². The van der Waals surface area contributed by atoms with Gasteiger partial charge in [-0.1, -0.05) is 12.1 Å². The van der Waals surface area contributed by atoms with Gasteiger partial charge in [0, 0.05) is 25.2 Å². The second kappa shape index (κ2) is 10.1. The van der Waals surface area contributed by atoms with Crippen molar-refractivity contribution in [3.05, 3.63) is 60.0 Å². The molecule has 0 aliphatic heterocycles. The van der Waals surface area contributed by atoms with Gasteiger partial charge in [-0.25, -0.2) is 4.79 Å². The molecule has 182 valence electrons. The van der Waals surface area contributed by atoms with E-state index in [1.807, 2.05) is 6.92 Å². The van der Waals surface area contributed by atoms with E-state index in [-0.39, 0.29) is 5.89 Å². The number of anilines is 2. The van der Waals surface area contributed by atoms with Crippen LogP contribution in [0.5, 0.6) is 0 Å². The minimum atomic E-state index is -4.40. The van der Waals surface area contributed by atoms with E-state index >= 15 is 0 Å². The van der Waals surface area contributed by atoms with Crippen LogP contribution in [0.1, 0.15) is 39.1 Å². The van der Waals surface area contributed by atoms with Crippen molar-refractivity contribution in [3.8, 4) is 11.5 Å². The summed E-state index contributed by atoms with van der Waals surface area (Å²) in [6, 6.07) is 11.8. The first-order valence-electron chi connectivity index (χ1n) is 10.8. The lowest BCUT2D eigenvalue weighted by Crippen LogP contribution is -2.37. The monoisotopic (exact) mass is 476 g/mol. The molecule has 2 aromatic carbocycles. The van der Waals surface area contributed by atoms with E-state index < -0.39 is 23.4 Å². The Kier molecular flexibility index (Phi) is 7.48. The number of aromatic nitrogens is 2. The van der Waals surface area contributed by atoms with Crippen LogP contribution in [-0.4, -0.2) is 39.9 Å². The van der Waals surface area contributed by atoms with Gasteiger partial charge in [-0.2, -0.15) is 13.2 Å². The van der Waals surface area contributed by atoms with E-state index in [2.05, 4.69) is 15.5 Å². The number of rotatable bonds is 7. The number of nitrogens with zero attached hydrogens (tertiary/aromatic N) is 3. The van der Waals surface area contributed by atoms with Crippen molar-refractivity contribution in [2.24, 2.45) is 0 Å². The van der Waals surface area contributed by atoms with Crippen LogP contribution >= 0.6 is 0 Å². The third-order valence-corrected chi connectivity index (χ3v) is 4.74. The van der Waals surface area contributed by atoms with Crippen molar-refractivity contribution in [1.82, 2.24) is 15.1 Å². The zero-order valence-corrected chi connectivity index (χ0v) is 19.4. The van der Waals surface area contributed by atoms with Crippen LogP contribution in [0, 0.1) is 0 Å². The van der Waals surface area contributed by atoms with Crippen LogP contribution in [0.3, 0.4) is 0 Å². The summed E-state index contributed by atoms with van der Waals surface area (Å²) in [5.74, 6) is 0.603. The average molecular weight is 476 g/mol. The maximum atomic E-state index is 12.8. The fourth-order valence-corrected chi connectivity index (χ4v) is 3.08. The smallest absolute Gasteiger partial charge is 0.416 e. The molecule has 0 saturated heterocycles. The van der Waals surface area contributed by atoms with Gasteiger partial charge in [0.2, 0.25) is 11.8 Å². The molecule has 1 aromatic heterocycles. The van der Waals surface area contributed by atoms with Gasteiger partial charge in [-0.15, -0.1) is 10.2 Å². The van der Waals surface area contributed by atoms with Crippen molar-refractivity contribution >= 4 is 17.5 Å². The zero-order chi connectivity index (χ0) is 24.9. The molecule has 0 unspecified atom stereocenters. The Morgan fingerprint density at radius 2 is 1.74 bits per heavy atom. The SMILES string of the molecule is CCN(CCc1nnc(-c2ccccc2Nc2ccc(C(F)(F)F)cc2)o1)C(=O)OC(C)(C)C. The van der Waals surface area contributed by atoms with Crippen molar-refractivity contribution in [2.75, 3.05) is 18.4 Å². The summed E-state index contributed by atoms with van der Waals surface area (Å²) < 4.78 is 49.6. The second-order valence-corrected chi connectivity index (χ2v) is 8.56. The molecule has 3 rings (SSSR count). The average Bonchev–Trinajstić information content (AvgIpc) is 3.22. The number of carbonyl (C=O) groups is 1. The van der Waals surface area contributed by atoms with Gasteiger partial charge in [0.25, 0.3) is 0 Å². The van der Waals surface area contributed by atoms with Gasteiger partial charge >= 0.3 is 12.3 Å². The molecule has 0 atom stereocenters. The van der Waals surface area contributed by atoms with Gasteiger partial charge in [0.15, 0.2) is 0 Å². The minimum absolute atomic E-state index is 0.255. The highest BCUT2D eigenvalue weighted by molar-refractivity contribution is 5.76. The highest BCUT2D eigenvalue weighted by atomic mass is 19.4. The number of alkyl halides is 3. The lowest BCUT2D eigenvalue weighted by atomic mass is 10.1. The molecule has 3 aromatic rings. The molecule has 0 aliphatic rings. The predicted octanol–water partition coefficient (Wildman–Crippen LogP) is 6.30. The lowest BCUT2D eigenvalue weighted by molar-refractivity contribution is -0.137. The van der Waals surface area contributed by atoms with Gasteiger partial charge in [-0.3, -0.25) is 0 Å². The maximum absolute atomic E-state index is 12.8. The molecular weight excluding hydrogens is 449 g/mol. The molecule has 0 bridgehead atoms. The first kappa shape index (κ1) is 25.1. The van der Waals surface area contributed by atoms with E-state index in [9.17, 15) is 18.0 Å². The van der Waals surface area contributed by atoms with E-state index in [4.69, 9.17) is 9.15 Å². The molecule has 34 heavy (non-hydrogen) atoms. The number of hydrogen-bond donors (Lipinski definition) is 1. The third-order valence-electron chi connectivity index (χ3n) is 4.74. The molecule has 0 saturated carbocycles. The Bertz CT molecular complexity index is 1110. The number of carbonyl (C=O) groups excluding carboxylic acids is 1. The molecule has 0 spiro atoms. The van der Waals surface area contributed by atoms with Crippen LogP contribution in [0.25, 0.3) is 11.5 Å². The number of ether oxygens (including phenoxy) is 1. The number of halogens is 3. The van der Waals surface area contributed by atoms with Gasteiger partial charge < -0.3 is 19.4 Å². The van der Waals surface area contributed by atoms with E-state index in [0.717, 1.165) is 12.1 Å². The van der Waals surface area contributed by atoms with Gasteiger partial charge in [0.05, 0.1) is 16.8 Å². The Hall–Kier alpha value is -3.56. The standard InChI is InChI=1S/C24H27F3N4O3/c1-5-31(22(32)34-23(2,3)4)15-14-20-29-30-21(33-20)18-8-6-7-9-19(18)28-17-12-10-16(11-13-17)24(25,26)27/h6-13,28H,5,14-15H2,1-4H3. The topological polar surface area (TPSA) is 80.5 Å². The van der Waals surface area contributed by atoms with Crippen LogP contribution < -0.4 is 5.32 Å². The Labute approximate surface area is 195 Å². The highest BCUT2D eigenvalue weighted by Gasteiger charge is 2.30. The first-order chi connectivity index (χ1) is 16.0. The summed E-state index contributed by atoms with van der Waals surface area (Å²) in [5.41, 5.74) is 0.366. The number of likely N-dealkylation sites (N-methyl/N-ethyl adjacent to an activating group) is 1. The first-order valence-corrected chi connectivity index (χ1v) is 10.8. The minimum Gasteiger partial charge on any atom is -0.444 e. The lowest BCUT2D eigenvalue weighted by Gasteiger charge is -2.26. The summed E-state index contributed by atoms with van der Waals surface area (Å²) in [6.07, 6.45) is -4.47. The quantitative estimate of drug-likeness (QED) is 0.431. The molecular formula is C24H27F3N4O3. The Balaban J connectivity index is 1.70.